The highest BCUT2D eigenvalue weighted by Gasteiger charge is 2.25. The monoisotopic (exact) mass is 483 g/mol. The maximum atomic E-state index is 2.44. The topological polar surface area (TPSA) is 7.12 Å². The Bertz CT molecular complexity index is 1430. The van der Waals surface area contributed by atoms with Gasteiger partial charge in [0.25, 0.3) is 5.01 Å². The van der Waals surface area contributed by atoms with Gasteiger partial charge in [0.15, 0.2) is 0 Å². The number of hydrogen-bond donors (Lipinski definition) is 0. The molecule has 34 heavy (non-hydrogen) atoms. The Morgan fingerprint density at radius 3 is 2.44 bits per heavy atom. The van der Waals surface area contributed by atoms with Crippen molar-refractivity contribution in [3.8, 4) is 11.1 Å². The fourth-order valence-electron chi connectivity index (χ4n) is 4.56. The normalized spacial score (nSPS) is 14.9. The summed E-state index contributed by atoms with van der Waals surface area (Å²) < 4.78 is 3.80. The van der Waals surface area contributed by atoms with E-state index in [-0.39, 0.29) is 0 Å². The first-order valence-electron chi connectivity index (χ1n) is 12.0. The minimum atomic E-state index is 0.952. The molecule has 0 saturated heterocycles. The molecule has 0 unspecified atom stereocenters. The van der Waals surface area contributed by atoms with Crippen LogP contribution < -0.4 is 9.47 Å². The second-order valence-corrected chi connectivity index (χ2v) is 11.0. The third kappa shape index (κ3) is 4.21. The average Bonchev–Trinajstić information content (AvgIpc) is 3.35. The van der Waals surface area contributed by atoms with Crippen molar-refractivity contribution in [3.05, 3.63) is 93.5 Å². The van der Waals surface area contributed by atoms with Crippen LogP contribution in [0.5, 0.6) is 0 Å². The number of aryl methyl sites for hydroxylation is 3. The average molecular weight is 484 g/mol. The highest BCUT2D eigenvalue weighted by Crippen LogP contribution is 2.47. The van der Waals surface area contributed by atoms with E-state index in [4.69, 9.17) is 0 Å². The van der Waals surface area contributed by atoms with E-state index in [2.05, 4.69) is 117 Å². The number of benzene rings is 3. The van der Waals surface area contributed by atoms with Crippen LogP contribution in [0.1, 0.15) is 36.9 Å². The summed E-state index contributed by atoms with van der Waals surface area (Å²) in [6, 6.07) is 22.2. The summed E-state index contributed by atoms with van der Waals surface area (Å²) in [7, 11) is 0. The van der Waals surface area contributed by atoms with Gasteiger partial charge in [-0.3, -0.25) is 0 Å². The number of aromatic nitrogens is 1. The van der Waals surface area contributed by atoms with Crippen molar-refractivity contribution in [1.29, 1.82) is 0 Å². The summed E-state index contributed by atoms with van der Waals surface area (Å²) in [5.41, 5.74) is 9.18. The van der Waals surface area contributed by atoms with Gasteiger partial charge in [-0.2, -0.15) is 4.57 Å². The van der Waals surface area contributed by atoms with Gasteiger partial charge in [0.1, 0.15) is 11.2 Å². The van der Waals surface area contributed by atoms with E-state index in [1.165, 1.54) is 58.7 Å². The van der Waals surface area contributed by atoms with E-state index in [1.54, 1.807) is 0 Å². The molecule has 172 valence electrons. The van der Waals surface area contributed by atoms with Crippen LogP contribution in [0.3, 0.4) is 0 Å². The summed E-state index contributed by atoms with van der Waals surface area (Å²) in [5, 5.41) is 2.61. The lowest BCUT2D eigenvalue weighted by molar-refractivity contribution is -0.665. The number of rotatable bonds is 5. The zero-order chi connectivity index (χ0) is 23.8. The second kappa shape index (κ2) is 9.44. The molecule has 1 aliphatic rings. The third-order valence-electron chi connectivity index (χ3n) is 6.52. The zero-order valence-electron chi connectivity index (χ0n) is 20.6. The predicted octanol–water partition coefficient (Wildman–Crippen LogP) is 8.37. The molecule has 0 N–H and O–H groups in total. The van der Waals surface area contributed by atoms with E-state index in [0.29, 0.717) is 0 Å². The zero-order valence-corrected chi connectivity index (χ0v) is 22.2. The highest BCUT2D eigenvalue weighted by atomic mass is 32.2. The van der Waals surface area contributed by atoms with Crippen LogP contribution in [0.4, 0.5) is 5.69 Å². The first-order valence-corrected chi connectivity index (χ1v) is 13.6. The number of fused-ring (bicyclic) bond motifs is 2. The standard InChI is InChI=1S/C30H31N2S2/c1-6-31-25-17-21(4)22(5)18-28(25)34-30(31)16-20(3)15-29-32(7-2)26-19-24(13-14-27(26)33-29)23-11-9-8-10-12-23/h8-19H,6-7H2,1-5H3/q+1. The quantitative estimate of drug-likeness (QED) is 0.263. The van der Waals surface area contributed by atoms with Crippen molar-refractivity contribution in [3.63, 3.8) is 0 Å². The summed E-state index contributed by atoms with van der Waals surface area (Å²) in [5.74, 6) is 0. The lowest BCUT2D eigenvalue weighted by atomic mass is 10.0. The Morgan fingerprint density at radius 1 is 0.941 bits per heavy atom. The van der Waals surface area contributed by atoms with Crippen LogP contribution in [0.15, 0.2) is 82.2 Å². The number of hydrogen-bond acceptors (Lipinski definition) is 3. The Balaban J connectivity index is 1.49. The van der Waals surface area contributed by atoms with Gasteiger partial charge in [-0.15, -0.1) is 0 Å². The molecule has 0 atom stereocenters. The lowest BCUT2D eigenvalue weighted by Gasteiger charge is -2.19. The van der Waals surface area contributed by atoms with Crippen LogP contribution in [-0.2, 0) is 6.54 Å². The molecule has 4 heteroatoms. The summed E-state index contributed by atoms with van der Waals surface area (Å²) in [6.07, 6.45) is 4.69. The molecule has 0 bridgehead atoms. The molecule has 0 spiro atoms. The number of nitrogens with zero attached hydrogens (tertiary/aromatic N) is 2. The maximum Gasteiger partial charge on any atom is 0.262 e. The van der Waals surface area contributed by atoms with Crippen LogP contribution in [0, 0.1) is 13.8 Å². The van der Waals surface area contributed by atoms with Gasteiger partial charge >= 0.3 is 0 Å². The summed E-state index contributed by atoms with van der Waals surface area (Å²) in [4.78, 5) is 3.77. The number of thiazole rings is 1. The highest BCUT2D eigenvalue weighted by molar-refractivity contribution is 8.03. The molecule has 2 heterocycles. The summed E-state index contributed by atoms with van der Waals surface area (Å²) in [6.45, 7) is 13.0. The van der Waals surface area contributed by atoms with E-state index in [0.717, 1.165) is 13.1 Å². The van der Waals surface area contributed by atoms with Crippen LogP contribution >= 0.6 is 23.1 Å². The van der Waals surface area contributed by atoms with Crippen molar-refractivity contribution in [2.24, 2.45) is 0 Å². The van der Waals surface area contributed by atoms with Gasteiger partial charge in [0.05, 0.1) is 10.7 Å². The van der Waals surface area contributed by atoms with Crippen molar-refractivity contribution in [2.75, 3.05) is 11.4 Å². The van der Waals surface area contributed by atoms with Gasteiger partial charge in [0, 0.05) is 23.6 Å². The van der Waals surface area contributed by atoms with Gasteiger partial charge < -0.3 is 4.90 Å². The molecule has 0 saturated carbocycles. The molecule has 1 aliphatic heterocycles. The van der Waals surface area contributed by atoms with E-state index in [9.17, 15) is 0 Å². The smallest absolute Gasteiger partial charge is 0.262 e. The third-order valence-corrected chi connectivity index (χ3v) is 8.73. The number of allylic oxidation sites excluding steroid dienone is 2. The number of anilines is 1. The maximum absolute atomic E-state index is 2.44. The Kier molecular flexibility index (Phi) is 6.37. The molecule has 2 nitrogen and oxygen atoms in total. The van der Waals surface area contributed by atoms with Crippen molar-refractivity contribution in [2.45, 2.75) is 46.1 Å². The molecule has 3 aromatic carbocycles. The molecule has 0 aliphatic carbocycles. The van der Waals surface area contributed by atoms with Gasteiger partial charge in [-0.1, -0.05) is 59.5 Å². The second-order valence-electron chi connectivity index (χ2n) is 8.85. The molecular weight excluding hydrogens is 452 g/mol. The first kappa shape index (κ1) is 22.9. The van der Waals surface area contributed by atoms with Crippen LogP contribution in [0.25, 0.3) is 27.4 Å². The number of thioether (sulfide) groups is 1. The van der Waals surface area contributed by atoms with Crippen molar-refractivity contribution < 1.29 is 4.57 Å². The molecule has 0 radical (unpaired) electrons. The van der Waals surface area contributed by atoms with Crippen LogP contribution in [0.2, 0.25) is 0 Å². The fraction of sp³-hybridized carbons (Fsp3) is 0.233. The van der Waals surface area contributed by atoms with Gasteiger partial charge in [0.2, 0.25) is 5.52 Å². The molecule has 4 aromatic rings. The molecule has 5 rings (SSSR count). The molecule has 1 aromatic heterocycles. The molecule has 0 amide bonds. The SMILES string of the molecule is CCN1/C(=C/C(C)=C/c2sc3cc(C)c(C)cc3[n+]2CC)Sc2ccc(-c3ccccc3)cc21. The first-order chi connectivity index (χ1) is 16.5. The molecular formula is C30H31N2S2+. The largest absolute Gasteiger partial charge is 0.335 e. The van der Waals surface area contributed by atoms with Crippen LogP contribution in [-0.4, -0.2) is 6.54 Å². The Hall–Kier alpha value is -2.82. The van der Waals surface area contributed by atoms with Gasteiger partial charge in [-0.25, -0.2) is 0 Å². The van der Waals surface area contributed by atoms with Crippen molar-refractivity contribution in [1.82, 2.24) is 0 Å². The minimum absolute atomic E-state index is 0.952. The Morgan fingerprint density at radius 2 is 1.71 bits per heavy atom. The van der Waals surface area contributed by atoms with Crippen molar-refractivity contribution >= 4 is 45.1 Å². The molecule has 0 fully saturated rings. The Labute approximate surface area is 211 Å². The lowest BCUT2D eigenvalue weighted by Crippen LogP contribution is -2.33. The van der Waals surface area contributed by atoms with E-state index < -0.39 is 0 Å². The minimum Gasteiger partial charge on any atom is -0.335 e. The summed E-state index contributed by atoms with van der Waals surface area (Å²) >= 11 is 3.76. The van der Waals surface area contributed by atoms with E-state index >= 15 is 0 Å². The van der Waals surface area contributed by atoms with Gasteiger partial charge in [-0.05, 0) is 86.7 Å². The fourth-order valence-corrected chi connectivity index (χ4v) is 7.10. The van der Waals surface area contributed by atoms with E-state index in [1.807, 2.05) is 23.1 Å². The predicted molar refractivity (Wildman–Crippen MR) is 150 cm³/mol.